The molecule has 0 unspecified atom stereocenters. The van der Waals surface area contributed by atoms with E-state index in [4.69, 9.17) is 5.11 Å². The van der Waals surface area contributed by atoms with E-state index in [9.17, 15) is 0 Å². The molecule has 56 valence electrons. The van der Waals surface area contributed by atoms with Crippen LogP contribution in [0.4, 0.5) is 0 Å². The van der Waals surface area contributed by atoms with Gasteiger partial charge in [0.05, 0.1) is 15.9 Å². The Labute approximate surface area is 67.4 Å². The second kappa shape index (κ2) is 2.17. The zero-order chi connectivity index (χ0) is 7.84. The molecule has 0 radical (unpaired) electrons. The summed E-state index contributed by atoms with van der Waals surface area (Å²) in [5.41, 5.74) is 1.74. The summed E-state index contributed by atoms with van der Waals surface area (Å²) in [5, 5.41) is 9.43. The van der Waals surface area contributed by atoms with Crippen LogP contribution < -0.4 is 0 Å². The topological polar surface area (TPSA) is 46.0 Å². The third-order valence-corrected chi connectivity index (χ3v) is 2.51. The minimum absolute atomic E-state index is 0.295. The standard InChI is InChI=1S/C7H6N2OS/c1-4-7-5(9-3-8-4)2-6(10)11-7/h2-3,10H,1H3. The lowest BCUT2D eigenvalue weighted by Crippen LogP contribution is -1.80. The predicted octanol–water partition coefficient (Wildman–Crippen LogP) is 1.71. The maximum atomic E-state index is 9.13. The van der Waals surface area contributed by atoms with Crippen molar-refractivity contribution in [2.45, 2.75) is 6.92 Å². The van der Waals surface area contributed by atoms with Gasteiger partial charge in [0.15, 0.2) is 5.06 Å². The molecule has 0 aliphatic heterocycles. The zero-order valence-corrected chi connectivity index (χ0v) is 6.72. The van der Waals surface area contributed by atoms with E-state index in [0.717, 1.165) is 15.9 Å². The Hall–Kier alpha value is -1.16. The molecular formula is C7H6N2OS. The van der Waals surface area contributed by atoms with Gasteiger partial charge in [0.25, 0.3) is 0 Å². The molecule has 0 fully saturated rings. The van der Waals surface area contributed by atoms with Crippen LogP contribution in [0.1, 0.15) is 5.69 Å². The number of aryl methyl sites for hydroxylation is 1. The van der Waals surface area contributed by atoms with E-state index in [0.29, 0.717) is 5.06 Å². The van der Waals surface area contributed by atoms with Crippen LogP contribution in [0.5, 0.6) is 5.06 Å². The van der Waals surface area contributed by atoms with Gasteiger partial charge in [-0.1, -0.05) is 11.3 Å². The van der Waals surface area contributed by atoms with Crippen LogP contribution in [0.3, 0.4) is 0 Å². The quantitative estimate of drug-likeness (QED) is 0.648. The van der Waals surface area contributed by atoms with Gasteiger partial charge in [-0.15, -0.1) is 0 Å². The first-order valence-corrected chi connectivity index (χ1v) is 3.99. The molecule has 0 aliphatic carbocycles. The van der Waals surface area contributed by atoms with Gasteiger partial charge in [0.1, 0.15) is 6.33 Å². The average molecular weight is 166 g/mol. The molecule has 2 aromatic heterocycles. The third-order valence-electron chi connectivity index (χ3n) is 1.48. The van der Waals surface area contributed by atoms with Crippen LogP contribution in [0, 0.1) is 6.92 Å². The van der Waals surface area contributed by atoms with Crippen molar-refractivity contribution in [1.29, 1.82) is 0 Å². The van der Waals surface area contributed by atoms with Crippen molar-refractivity contribution < 1.29 is 5.11 Å². The van der Waals surface area contributed by atoms with E-state index in [2.05, 4.69) is 9.97 Å². The molecule has 0 atom stereocenters. The van der Waals surface area contributed by atoms with Crippen LogP contribution in [-0.4, -0.2) is 15.1 Å². The van der Waals surface area contributed by atoms with Gasteiger partial charge < -0.3 is 5.11 Å². The fraction of sp³-hybridized carbons (Fsp3) is 0.143. The summed E-state index contributed by atoms with van der Waals surface area (Å²) in [5.74, 6) is 0. The highest BCUT2D eigenvalue weighted by molar-refractivity contribution is 7.20. The highest BCUT2D eigenvalue weighted by Gasteiger charge is 2.03. The first-order chi connectivity index (χ1) is 5.27. The lowest BCUT2D eigenvalue weighted by molar-refractivity contribution is 0.491. The van der Waals surface area contributed by atoms with Gasteiger partial charge in [-0.05, 0) is 6.92 Å². The largest absolute Gasteiger partial charge is 0.499 e. The maximum Gasteiger partial charge on any atom is 0.173 e. The summed E-state index contributed by atoms with van der Waals surface area (Å²) in [6.45, 7) is 1.90. The van der Waals surface area contributed by atoms with Gasteiger partial charge in [-0.25, -0.2) is 9.97 Å². The normalized spacial score (nSPS) is 10.6. The molecule has 0 bridgehead atoms. The summed E-state index contributed by atoms with van der Waals surface area (Å²) < 4.78 is 0.963. The number of hydrogen-bond acceptors (Lipinski definition) is 4. The summed E-state index contributed by atoms with van der Waals surface area (Å²) in [7, 11) is 0. The SMILES string of the molecule is Cc1ncnc2cc(O)sc12. The lowest BCUT2D eigenvalue weighted by atomic mass is 10.4. The molecule has 0 spiro atoms. The number of thiophene rings is 1. The monoisotopic (exact) mass is 166 g/mol. The van der Waals surface area contributed by atoms with Gasteiger partial charge in [0, 0.05) is 6.07 Å². The molecule has 0 aromatic carbocycles. The van der Waals surface area contributed by atoms with Gasteiger partial charge in [0.2, 0.25) is 0 Å². The van der Waals surface area contributed by atoms with Crippen molar-refractivity contribution in [3.05, 3.63) is 18.1 Å². The molecule has 2 aromatic rings. The Bertz CT molecular complexity index is 396. The van der Waals surface area contributed by atoms with E-state index in [1.165, 1.54) is 17.7 Å². The Balaban J connectivity index is 2.90. The minimum atomic E-state index is 0.295. The summed E-state index contributed by atoms with van der Waals surface area (Å²) in [6, 6.07) is 1.65. The molecule has 4 heteroatoms. The van der Waals surface area contributed by atoms with E-state index in [1.54, 1.807) is 6.07 Å². The Morgan fingerprint density at radius 1 is 1.45 bits per heavy atom. The van der Waals surface area contributed by atoms with Crippen LogP contribution in [0.25, 0.3) is 10.2 Å². The molecule has 3 nitrogen and oxygen atoms in total. The first-order valence-electron chi connectivity index (χ1n) is 3.17. The Morgan fingerprint density at radius 3 is 3.00 bits per heavy atom. The molecule has 11 heavy (non-hydrogen) atoms. The van der Waals surface area contributed by atoms with Crippen molar-refractivity contribution in [3.63, 3.8) is 0 Å². The second-order valence-electron chi connectivity index (χ2n) is 2.26. The Morgan fingerprint density at radius 2 is 2.27 bits per heavy atom. The first kappa shape index (κ1) is 6.54. The molecule has 0 aliphatic rings. The predicted molar refractivity (Wildman–Crippen MR) is 43.8 cm³/mol. The van der Waals surface area contributed by atoms with Crippen LogP contribution >= 0.6 is 11.3 Å². The number of aromatic nitrogens is 2. The molecule has 0 saturated carbocycles. The summed E-state index contributed by atoms with van der Waals surface area (Å²) >= 11 is 1.31. The molecule has 2 rings (SSSR count). The van der Waals surface area contributed by atoms with Gasteiger partial charge >= 0.3 is 0 Å². The van der Waals surface area contributed by atoms with Crippen molar-refractivity contribution in [2.75, 3.05) is 0 Å². The summed E-state index contributed by atoms with van der Waals surface area (Å²) in [6.07, 6.45) is 1.50. The van der Waals surface area contributed by atoms with E-state index in [1.807, 2.05) is 6.92 Å². The third kappa shape index (κ3) is 0.952. The van der Waals surface area contributed by atoms with Gasteiger partial charge in [-0.2, -0.15) is 0 Å². The zero-order valence-electron chi connectivity index (χ0n) is 5.90. The molecular weight excluding hydrogens is 160 g/mol. The lowest BCUT2D eigenvalue weighted by Gasteiger charge is -1.89. The van der Waals surface area contributed by atoms with E-state index >= 15 is 0 Å². The van der Waals surface area contributed by atoms with E-state index in [-0.39, 0.29) is 0 Å². The fourth-order valence-corrected chi connectivity index (χ4v) is 1.76. The van der Waals surface area contributed by atoms with Crippen LogP contribution in [0.15, 0.2) is 12.4 Å². The Kier molecular flexibility index (Phi) is 1.29. The summed E-state index contributed by atoms with van der Waals surface area (Å²) in [4.78, 5) is 8.01. The molecule has 1 N–H and O–H groups in total. The number of nitrogens with zero attached hydrogens (tertiary/aromatic N) is 2. The average Bonchev–Trinajstić information content (AvgIpc) is 2.31. The van der Waals surface area contributed by atoms with Crippen molar-refractivity contribution in [1.82, 2.24) is 9.97 Å². The number of aromatic hydroxyl groups is 1. The van der Waals surface area contributed by atoms with E-state index < -0.39 is 0 Å². The highest BCUT2D eigenvalue weighted by atomic mass is 32.1. The van der Waals surface area contributed by atoms with Crippen molar-refractivity contribution in [3.8, 4) is 5.06 Å². The molecule has 0 saturated heterocycles. The maximum absolute atomic E-state index is 9.13. The molecule has 2 heterocycles. The smallest absolute Gasteiger partial charge is 0.173 e. The van der Waals surface area contributed by atoms with Crippen LogP contribution in [0.2, 0.25) is 0 Å². The van der Waals surface area contributed by atoms with Crippen molar-refractivity contribution in [2.24, 2.45) is 0 Å². The fourth-order valence-electron chi connectivity index (χ4n) is 0.960. The van der Waals surface area contributed by atoms with Crippen molar-refractivity contribution >= 4 is 21.6 Å². The van der Waals surface area contributed by atoms with Crippen LogP contribution in [-0.2, 0) is 0 Å². The number of rotatable bonds is 0. The highest BCUT2D eigenvalue weighted by Crippen LogP contribution is 2.29. The second-order valence-corrected chi connectivity index (χ2v) is 3.29. The minimum Gasteiger partial charge on any atom is -0.499 e. The number of fused-ring (bicyclic) bond motifs is 1. The van der Waals surface area contributed by atoms with Gasteiger partial charge in [-0.3, -0.25) is 0 Å². The number of hydrogen-bond donors (Lipinski definition) is 1. The molecule has 0 amide bonds.